The molecule has 1 aliphatic rings. The molecule has 3 nitrogen and oxygen atoms in total. The molecule has 5 rings (SSSR count). The van der Waals surface area contributed by atoms with Gasteiger partial charge in [-0.2, -0.15) is 0 Å². The maximum atomic E-state index is 12.9. The summed E-state index contributed by atoms with van der Waals surface area (Å²) in [6, 6.07) is 21.3. The summed E-state index contributed by atoms with van der Waals surface area (Å²) in [6.45, 7) is 0. The minimum absolute atomic E-state index is 0.149. The van der Waals surface area contributed by atoms with Crippen LogP contribution in [0.3, 0.4) is 0 Å². The van der Waals surface area contributed by atoms with Gasteiger partial charge in [0.1, 0.15) is 0 Å². The lowest BCUT2D eigenvalue weighted by Crippen LogP contribution is -2.21. The van der Waals surface area contributed by atoms with Crippen LogP contribution < -0.4 is 5.43 Å². The molecule has 0 amide bonds. The molecule has 3 aromatic carbocycles. The van der Waals surface area contributed by atoms with Crippen molar-refractivity contribution >= 4 is 33.0 Å². The highest BCUT2D eigenvalue weighted by molar-refractivity contribution is 7.21. The molecular formula is C23H12O3S. The smallest absolute Gasteiger partial charge is 0.194 e. The first-order valence-electron chi connectivity index (χ1n) is 8.49. The van der Waals surface area contributed by atoms with Crippen molar-refractivity contribution in [1.29, 1.82) is 0 Å². The summed E-state index contributed by atoms with van der Waals surface area (Å²) in [6.07, 6.45) is 0. The van der Waals surface area contributed by atoms with Gasteiger partial charge in [0.05, 0.1) is 0 Å². The number of fused-ring (bicyclic) bond motifs is 3. The van der Waals surface area contributed by atoms with E-state index in [1.165, 1.54) is 11.3 Å². The van der Waals surface area contributed by atoms with Gasteiger partial charge in [-0.25, -0.2) is 0 Å². The summed E-state index contributed by atoms with van der Waals surface area (Å²) in [4.78, 5) is 39.3. The van der Waals surface area contributed by atoms with Crippen LogP contribution >= 0.6 is 11.3 Å². The number of rotatable bonds is 1. The van der Waals surface area contributed by atoms with Gasteiger partial charge in [-0.1, -0.05) is 54.6 Å². The van der Waals surface area contributed by atoms with E-state index in [0.717, 1.165) is 10.4 Å². The molecule has 0 N–H and O–H groups in total. The minimum atomic E-state index is -0.210. The van der Waals surface area contributed by atoms with Crippen molar-refractivity contribution in [3.05, 3.63) is 105 Å². The molecule has 0 fully saturated rings. The van der Waals surface area contributed by atoms with E-state index in [-0.39, 0.29) is 17.0 Å². The van der Waals surface area contributed by atoms with Crippen molar-refractivity contribution in [2.75, 3.05) is 0 Å². The molecule has 0 aliphatic heterocycles. The lowest BCUT2D eigenvalue weighted by Gasteiger charge is -2.17. The SMILES string of the molecule is O=C1c2ccccc2C(=O)c2cc3c(=O)cc(-c4ccccc4)sc3cc21. The average molecular weight is 368 g/mol. The van der Waals surface area contributed by atoms with Crippen molar-refractivity contribution in [2.24, 2.45) is 0 Å². The summed E-state index contributed by atoms with van der Waals surface area (Å²) in [7, 11) is 0. The largest absolute Gasteiger partial charge is 0.289 e. The molecule has 0 spiro atoms. The number of ketones is 2. The third-order valence-electron chi connectivity index (χ3n) is 4.83. The molecule has 0 saturated carbocycles. The van der Waals surface area contributed by atoms with Crippen LogP contribution in [0.5, 0.6) is 0 Å². The van der Waals surface area contributed by atoms with Gasteiger partial charge in [0.15, 0.2) is 17.0 Å². The van der Waals surface area contributed by atoms with Gasteiger partial charge in [0.2, 0.25) is 0 Å². The van der Waals surface area contributed by atoms with Gasteiger partial charge < -0.3 is 0 Å². The highest BCUT2D eigenvalue weighted by Gasteiger charge is 2.30. The van der Waals surface area contributed by atoms with Crippen LogP contribution in [0, 0.1) is 0 Å². The van der Waals surface area contributed by atoms with Gasteiger partial charge in [-0.3, -0.25) is 14.4 Å². The van der Waals surface area contributed by atoms with Crippen molar-refractivity contribution in [2.45, 2.75) is 0 Å². The highest BCUT2D eigenvalue weighted by Crippen LogP contribution is 2.33. The van der Waals surface area contributed by atoms with Gasteiger partial charge in [-0.05, 0) is 17.7 Å². The van der Waals surface area contributed by atoms with E-state index in [0.29, 0.717) is 32.3 Å². The molecule has 4 aromatic rings. The average Bonchev–Trinajstić information content (AvgIpc) is 2.72. The van der Waals surface area contributed by atoms with E-state index in [1.54, 1.807) is 42.5 Å². The topological polar surface area (TPSA) is 51.2 Å². The first kappa shape index (κ1) is 15.9. The van der Waals surface area contributed by atoms with Gasteiger partial charge in [-0.15, -0.1) is 11.3 Å². The molecule has 0 unspecified atom stereocenters. The Bertz CT molecular complexity index is 1320. The van der Waals surface area contributed by atoms with E-state index in [9.17, 15) is 14.4 Å². The Hall–Kier alpha value is -3.37. The van der Waals surface area contributed by atoms with E-state index in [2.05, 4.69) is 0 Å². The molecule has 1 aliphatic carbocycles. The van der Waals surface area contributed by atoms with Crippen LogP contribution in [0.15, 0.2) is 77.6 Å². The summed E-state index contributed by atoms with van der Waals surface area (Å²) >= 11 is 1.45. The summed E-state index contributed by atoms with van der Waals surface area (Å²) in [5.41, 5.74) is 2.29. The van der Waals surface area contributed by atoms with Crippen molar-refractivity contribution in [1.82, 2.24) is 0 Å². The molecule has 4 heteroatoms. The lowest BCUT2D eigenvalue weighted by molar-refractivity contribution is 0.0979. The van der Waals surface area contributed by atoms with E-state index in [4.69, 9.17) is 0 Å². The third kappa shape index (κ3) is 2.38. The fourth-order valence-electron chi connectivity index (χ4n) is 3.49. The summed E-state index contributed by atoms with van der Waals surface area (Å²) < 4.78 is 0.709. The third-order valence-corrected chi connectivity index (χ3v) is 5.96. The highest BCUT2D eigenvalue weighted by atomic mass is 32.1. The fourth-order valence-corrected chi connectivity index (χ4v) is 4.59. The molecule has 128 valence electrons. The summed E-state index contributed by atoms with van der Waals surface area (Å²) in [5, 5.41) is 0.471. The predicted octanol–water partition coefficient (Wildman–Crippen LogP) is 4.70. The van der Waals surface area contributed by atoms with Crippen molar-refractivity contribution in [3.63, 3.8) is 0 Å². The molecular weight excluding hydrogens is 356 g/mol. The Labute approximate surface area is 158 Å². The standard InChI is InChI=1S/C23H12O3S/c24-19-12-20(13-6-2-1-3-7-13)27-21-11-17-16(10-18(19)21)22(25)14-8-4-5-9-15(14)23(17)26/h1-12H. The first-order chi connectivity index (χ1) is 13.1. The Morgan fingerprint density at radius 1 is 0.593 bits per heavy atom. The van der Waals surface area contributed by atoms with E-state index < -0.39 is 0 Å². The van der Waals surface area contributed by atoms with Crippen LogP contribution in [0.2, 0.25) is 0 Å². The maximum Gasteiger partial charge on any atom is 0.194 e. The van der Waals surface area contributed by atoms with Crippen LogP contribution in [0.1, 0.15) is 31.8 Å². The van der Waals surface area contributed by atoms with Gasteiger partial charge >= 0.3 is 0 Å². The van der Waals surface area contributed by atoms with Crippen LogP contribution in [-0.4, -0.2) is 11.6 Å². The van der Waals surface area contributed by atoms with Crippen LogP contribution in [0.25, 0.3) is 20.5 Å². The van der Waals surface area contributed by atoms with Gasteiger partial charge in [0.25, 0.3) is 0 Å². The molecule has 0 radical (unpaired) electrons. The second-order valence-electron chi connectivity index (χ2n) is 6.44. The fraction of sp³-hybridized carbons (Fsp3) is 0. The number of carbonyl (C=O) groups excluding carboxylic acids is 2. The second kappa shape index (κ2) is 5.83. The zero-order chi connectivity index (χ0) is 18.5. The molecule has 0 bridgehead atoms. The second-order valence-corrected chi connectivity index (χ2v) is 7.52. The molecule has 0 atom stereocenters. The maximum absolute atomic E-state index is 12.9. The normalized spacial score (nSPS) is 12.7. The quantitative estimate of drug-likeness (QED) is 0.431. The number of benzene rings is 3. The zero-order valence-corrected chi connectivity index (χ0v) is 14.9. The number of hydrogen-bond acceptors (Lipinski definition) is 4. The van der Waals surface area contributed by atoms with Crippen molar-refractivity contribution in [3.8, 4) is 10.4 Å². The molecule has 1 heterocycles. The minimum Gasteiger partial charge on any atom is -0.289 e. The Balaban J connectivity index is 1.78. The molecule has 1 aromatic heterocycles. The van der Waals surface area contributed by atoms with E-state index in [1.807, 2.05) is 30.3 Å². The zero-order valence-electron chi connectivity index (χ0n) is 14.1. The Kier molecular flexibility index (Phi) is 3.42. The molecule has 27 heavy (non-hydrogen) atoms. The summed E-state index contributed by atoms with van der Waals surface area (Å²) in [5.74, 6) is -0.384. The number of carbonyl (C=O) groups is 2. The Morgan fingerprint density at radius 3 is 1.85 bits per heavy atom. The van der Waals surface area contributed by atoms with Crippen LogP contribution in [-0.2, 0) is 0 Å². The lowest BCUT2D eigenvalue weighted by atomic mass is 9.83. The number of hydrogen-bond donors (Lipinski definition) is 0. The predicted molar refractivity (Wildman–Crippen MR) is 107 cm³/mol. The first-order valence-corrected chi connectivity index (χ1v) is 9.31. The van der Waals surface area contributed by atoms with Gasteiger partial charge in [0, 0.05) is 43.3 Å². The van der Waals surface area contributed by atoms with Crippen molar-refractivity contribution < 1.29 is 9.59 Å². The van der Waals surface area contributed by atoms with Crippen LogP contribution in [0.4, 0.5) is 0 Å². The molecule has 0 saturated heterocycles. The van der Waals surface area contributed by atoms with E-state index >= 15 is 0 Å². The monoisotopic (exact) mass is 368 g/mol. The Morgan fingerprint density at radius 2 is 1.19 bits per heavy atom.